The summed E-state index contributed by atoms with van der Waals surface area (Å²) >= 11 is 0. The van der Waals surface area contributed by atoms with Gasteiger partial charge in [-0.15, -0.1) is 0 Å². The van der Waals surface area contributed by atoms with Crippen molar-refractivity contribution in [2.45, 2.75) is 65.3 Å². The lowest BCUT2D eigenvalue weighted by Crippen LogP contribution is -2.58. The Morgan fingerprint density at radius 3 is 1.96 bits per heavy atom. The number of nitrogens with one attached hydrogen (secondary N) is 3. The second-order valence-corrected chi connectivity index (χ2v) is 9.06. The zero-order chi connectivity index (χ0) is 18.9. The molecule has 0 aromatic rings. The van der Waals surface area contributed by atoms with Crippen molar-refractivity contribution < 1.29 is 14.4 Å². The zero-order valence-electron chi connectivity index (χ0n) is 16.3. The average Bonchev–Trinajstić information content (AvgIpc) is 2.56. The van der Waals surface area contributed by atoms with Gasteiger partial charge in [0.25, 0.3) is 0 Å². The lowest BCUT2D eigenvalue weighted by atomic mass is 9.49. The molecule has 146 valence electrons. The van der Waals surface area contributed by atoms with Crippen molar-refractivity contribution in [3.63, 3.8) is 0 Å². The molecule has 0 spiro atoms. The fourth-order valence-electron chi connectivity index (χ4n) is 5.76. The highest BCUT2D eigenvalue weighted by atomic mass is 16.2. The third-order valence-corrected chi connectivity index (χ3v) is 6.55. The Hall–Kier alpha value is -1.59. The van der Waals surface area contributed by atoms with Crippen molar-refractivity contribution in [2.24, 2.45) is 29.1 Å². The van der Waals surface area contributed by atoms with E-state index in [1.165, 1.54) is 19.3 Å². The van der Waals surface area contributed by atoms with Crippen LogP contribution in [0.3, 0.4) is 0 Å². The summed E-state index contributed by atoms with van der Waals surface area (Å²) in [6.45, 7) is 6.17. The Morgan fingerprint density at radius 2 is 1.50 bits per heavy atom. The number of carbonyl (C=O) groups excluding carboxylic acids is 3. The second-order valence-electron chi connectivity index (χ2n) is 9.06. The maximum absolute atomic E-state index is 13.2. The molecule has 3 N–H and O–H groups in total. The maximum Gasteiger partial charge on any atom is 0.243 e. The molecule has 4 rings (SSSR count). The van der Waals surface area contributed by atoms with Crippen LogP contribution in [0.1, 0.15) is 59.3 Å². The predicted molar refractivity (Wildman–Crippen MR) is 99.1 cm³/mol. The molecule has 4 aliphatic rings. The third kappa shape index (κ3) is 3.89. The smallest absolute Gasteiger partial charge is 0.243 e. The van der Waals surface area contributed by atoms with Gasteiger partial charge in [0.2, 0.25) is 17.7 Å². The highest BCUT2D eigenvalue weighted by Gasteiger charge is 2.55. The van der Waals surface area contributed by atoms with Gasteiger partial charge >= 0.3 is 0 Å². The summed E-state index contributed by atoms with van der Waals surface area (Å²) in [4.78, 5) is 37.3. The summed E-state index contributed by atoms with van der Waals surface area (Å²) in [5, 5.41) is 8.37. The van der Waals surface area contributed by atoms with Crippen LogP contribution in [0.5, 0.6) is 0 Å². The van der Waals surface area contributed by atoms with Crippen LogP contribution in [0, 0.1) is 29.1 Å². The van der Waals surface area contributed by atoms with E-state index in [1.807, 2.05) is 20.8 Å². The molecule has 1 unspecified atom stereocenters. The van der Waals surface area contributed by atoms with Gasteiger partial charge in [-0.3, -0.25) is 14.4 Å². The number of amides is 3. The van der Waals surface area contributed by atoms with Gasteiger partial charge in [-0.05, 0) is 69.1 Å². The number of carbonyl (C=O) groups is 3. The minimum atomic E-state index is -0.593. The predicted octanol–water partition coefficient (Wildman–Crippen LogP) is 1.60. The Bertz CT molecular complexity index is 537. The van der Waals surface area contributed by atoms with Crippen molar-refractivity contribution >= 4 is 17.7 Å². The van der Waals surface area contributed by atoms with Gasteiger partial charge in [-0.1, -0.05) is 13.8 Å². The van der Waals surface area contributed by atoms with E-state index in [-0.39, 0.29) is 35.6 Å². The van der Waals surface area contributed by atoms with Crippen LogP contribution in [0.4, 0.5) is 0 Å². The summed E-state index contributed by atoms with van der Waals surface area (Å²) < 4.78 is 0. The minimum Gasteiger partial charge on any atom is -0.355 e. The van der Waals surface area contributed by atoms with Gasteiger partial charge in [0.05, 0.1) is 6.54 Å². The largest absolute Gasteiger partial charge is 0.355 e. The lowest BCUT2D eigenvalue weighted by molar-refractivity contribution is -0.149. The van der Waals surface area contributed by atoms with E-state index >= 15 is 0 Å². The molecule has 0 aromatic heterocycles. The van der Waals surface area contributed by atoms with Crippen molar-refractivity contribution in [2.75, 3.05) is 13.1 Å². The van der Waals surface area contributed by atoms with Gasteiger partial charge in [0.1, 0.15) is 6.04 Å². The van der Waals surface area contributed by atoms with Crippen LogP contribution in [0.2, 0.25) is 0 Å². The first-order valence-electron chi connectivity index (χ1n) is 10.2. The average molecular weight is 364 g/mol. The number of likely N-dealkylation sites (N-methyl/N-ethyl adjacent to an activating group) is 1. The standard InChI is InChI=1S/C20H33N3O3/c1-4-21-16(24)11-22-18(25)17(12(2)3)23-19(26)20-8-13-5-14(9-20)7-15(6-13)10-20/h12-15,17H,4-11H2,1-3H3,(H,21,24)(H,22,25)(H,23,26). The summed E-state index contributed by atoms with van der Waals surface area (Å²) in [6, 6.07) is -0.593. The summed E-state index contributed by atoms with van der Waals surface area (Å²) in [6.07, 6.45) is 6.80. The van der Waals surface area contributed by atoms with Crippen molar-refractivity contribution in [1.29, 1.82) is 0 Å². The molecule has 1 atom stereocenters. The molecule has 4 bridgehead atoms. The first kappa shape index (κ1) is 19.2. The van der Waals surface area contributed by atoms with E-state index < -0.39 is 6.04 Å². The second kappa shape index (κ2) is 7.57. The molecular formula is C20H33N3O3. The molecule has 4 saturated carbocycles. The quantitative estimate of drug-likeness (QED) is 0.642. The van der Waals surface area contributed by atoms with E-state index in [1.54, 1.807) is 0 Å². The van der Waals surface area contributed by atoms with E-state index in [9.17, 15) is 14.4 Å². The zero-order valence-corrected chi connectivity index (χ0v) is 16.3. The number of hydrogen-bond donors (Lipinski definition) is 3. The molecule has 3 amide bonds. The lowest BCUT2D eigenvalue weighted by Gasteiger charge is -2.55. The number of rotatable bonds is 7. The highest BCUT2D eigenvalue weighted by Crippen LogP contribution is 2.60. The molecule has 4 aliphatic carbocycles. The van der Waals surface area contributed by atoms with Crippen molar-refractivity contribution in [3.8, 4) is 0 Å². The Kier molecular flexibility index (Phi) is 5.58. The molecule has 0 saturated heterocycles. The first-order chi connectivity index (χ1) is 12.3. The van der Waals surface area contributed by atoms with Crippen molar-refractivity contribution in [3.05, 3.63) is 0 Å². The van der Waals surface area contributed by atoms with Crippen molar-refractivity contribution in [1.82, 2.24) is 16.0 Å². The fraction of sp³-hybridized carbons (Fsp3) is 0.850. The van der Waals surface area contributed by atoms with Gasteiger partial charge in [0, 0.05) is 12.0 Å². The minimum absolute atomic E-state index is 0.0258. The molecule has 6 nitrogen and oxygen atoms in total. The molecule has 0 radical (unpaired) electrons. The van der Waals surface area contributed by atoms with Gasteiger partial charge in [-0.25, -0.2) is 0 Å². The molecular weight excluding hydrogens is 330 g/mol. The van der Waals surface area contributed by atoms with Crippen LogP contribution >= 0.6 is 0 Å². The Morgan fingerprint density at radius 1 is 0.962 bits per heavy atom. The molecule has 4 fully saturated rings. The summed E-state index contributed by atoms with van der Waals surface area (Å²) in [5.74, 6) is 1.62. The van der Waals surface area contributed by atoms with Gasteiger partial charge in [-0.2, -0.15) is 0 Å². The SMILES string of the molecule is CCNC(=O)CNC(=O)C(NC(=O)C12CC3CC(CC(C3)C1)C2)C(C)C. The van der Waals surface area contributed by atoms with Crippen LogP contribution < -0.4 is 16.0 Å². The maximum atomic E-state index is 13.2. The Balaban J connectivity index is 1.62. The van der Waals surface area contributed by atoms with E-state index in [4.69, 9.17) is 0 Å². The monoisotopic (exact) mass is 363 g/mol. The number of hydrogen-bond acceptors (Lipinski definition) is 3. The Labute approximate surface area is 156 Å². The van der Waals surface area contributed by atoms with Gasteiger partial charge < -0.3 is 16.0 Å². The van der Waals surface area contributed by atoms with Crippen LogP contribution in [0.15, 0.2) is 0 Å². The third-order valence-electron chi connectivity index (χ3n) is 6.55. The van der Waals surface area contributed by atoms with E-state index in [0.29, 0.717) is 24.3 Å². The molecule has 0 aliphatic heterocycles. The highest BCUT2D eigenvalue weighted by molar-refractivity contribution is 5.92. The van der Waals surface area contributed by atoms with Gasteiger partial charge in [0.15, 0.2) is 0 Å². The fourth-order valence-corrected chi connectivity index (χ4v) is 5.76. The molecule has 0 aromatic carbocycles. The molecule has 6 heteroatoms. The molecule has 26 heavy (non-hydrogen) atoms. The summed E-state index contributed by atoms with van der Waals surface area (Å²) in [5.41, 5.74) is -0.262. The summed E-state index contributed by atoms with van der Waals surface area (Å²) in [7, 11) is 0. The van der Waals surface area contributed by atoms with Crippen LogP contribution in [0.25, 0.3) is 0 Å². The van der Waals surface area contributed by atoms with Crippen LogP contribution in [-0.4, -0.2) is 36.9 Å². The van der Waals surface area contributed by atoms with E-state index in [0.717, 1.165) is 19.3 Å². The topological polar surface area (TPSA) is 87.3 Å². The van der Waals surface area contributed by atoms with E-state index in [2.05, 4.69) is 16.0 Å². The normalized spacial score (nSPS) is 33.0. The van der Waals surface area contributed by atoms with Crippen LogP contribution in [-0.2, 0) is 14.4 Å². The molecule has 0 heterocycles. The first-order valence-corrected chi connectivity index (χ1v) is 10.2.